The minimum atomic E-state index is -1.77. The van der Waals surface area contributed by atoms with Crippen molar-refractivity contribution in [3.05, 3.63) is 29.6 Å². The van der Waals surface area contributed by atoms with E-state index in [0.717, 1.165) is 17.7 Å². The second-order valence-corrected chi connectivity index (χ2v) is 12.2. The quantitative estimate of drug-likeness (QED) is 0.606. The highest BCUT2D eigenvalue weighted by atomic mass is 28.4. The first-order valence-electron chi connectivity index (χ1n) is 7.06. The number of aromatic nitrogens is 1. The van der Waals surface area contributed by atoms with Gasteiger partial charge in [-0.25, -0.2) is 0 Å². The van der Waals surface area contributed by atoms with Crippen LogP contribution in [0, 0.1) is 0 Å². The SMILES string of the molecule is CC(C)(C=O)c1cccc(CO[Si](C)(C)C(C)(C)C)n1. The molecule has 0 N–H and O–H groups in total. The highest BCUT2D eigenvalue weighted by Crippen LogP contribution is 2.37. The Balaban J connectivity index is 2.86. The van der Waals surface area contributed by atoms with Crippen molar-refractivity contribution in [2.24, 2.45) is 0 Å². The number of carbonyl (C=O) groups excluding carboxylic acids is 1. The molecule has 1 rings (SSSR count). The molecule has 0 atom stereocenters. The number of carbonyl (C=O) groups is 1. The molecule has 0 aliphatic rings. The Morgan fingerprint density at radius 3 is 2.30 bits per heavy atom. The molecular weight excluding hydrogens is 266 g/mol. The van der Waals surface area contributed by atoms with Gasteiger partial charge in [0.1, 0.15) is 6.29 Å². The fraction of sp³-hybridized carbons (Fsp3) is 0.625. The molecule has 0 bridgehead atoms. The maximum Gasteiger partial charge on any atom is 0.192 e. The highest BCUT2D eigenvalue weighted by Gasteiger charge is 2.37. The van der Waals surface area contributed by atoms with E-state index in [1.54, 1.807) is 0 Å². The Morgan fingerprint density at radius 1 is 1.20 bits per heavy atom. The van der Waals surface area contributed by atoms with Gasteiger partial charge >= 0.3 is 0 Å². The predicted octanol–water partition coefficient (Wildman–Crippen LogP) is 4.08. The lowest BCUT2D eigenvalue weighted by molar-refractivity contribution is -0.111. The monoisotopic (exact) mass is 293 g/mol. The van der Waals surface area contributed by atoms with Crippen LogP contribution in [0.5, 0.6) is 0 Å². The van der Waals surface area contributed by atoms with Gasteiger partial charge in [0.05, 0.1) is 23.4 Å². The Hall–Kier alpha value is -1.00. The van der Waals surface area contributed by atoms with Crippen LogP contribution in [-0.2, 0) is 21.2 Å². The molecule has 0 spiro atoms. The zero-order valence-corrected chi connectivity index (χ0v) is 14.8. The molecule has 0 radical (unpaired) electrons. The van der Waals surface area contributed by atoms with E-state index in [9.17, 15) is 4.79 Å². The molecule has 1 aromatic heterocycles. The summed E-state index contributed by atoms with van der Waals surface area (Å²) in [6.45, 7) is 15.4. The molecule has 0 fully saturated rings. The van der Waals surface area contributed by atoms with Gasteiger partial charge in [-0.05, 0) is 44.1 Å². The van der Waals surface area contributed by atoms with Crippen LogP contribution in [0.1, 0.15) is 46.0 Å². The zero-order valence-electron chi connectivity index (χ0n) is 13.8. The lowest BCUT2D eigenvalue weighted by Gasteiger charge is -2.36. The van der Waals surface area contributed by atoms with Crippen LogP contribution in [0.4, 0.5) is 0 Å². The molecule has 4 heteroatoms. The van der Waals surface area contributed by atoms with Crippen LogP contribution in [-0.4, -0.2) is 19.6 Å². The first-order valence-corrected chi connectivity index (χ1v) is 9.97. The van der Waals surface area contributed by atoms with Crippen LogP contribution < -0.4 is 0 Å². The lowest BCUT2D eigenvalue weighted by Crippen LogP contribution is -2.40. The largest absolute Gasteiger partial charge is 0.411 e. The van der Waals surface area contributed by atoms with Crippen molar-refractivity contribution in [3.63, 3.8) is 0 Å². The van der Waals surface area contributed by atoms with E-state index in [2.05, 4.69) is 38.8 Å². The van der Waals surface area contributed by atoms with Gasteiger partial charge in [-0.15, -0.1) is 0 Å². The summed E-state index contributed by atoms with van der Waals surface area (Å²) in [5, 5.41) is 0.187. The molecule has 3 nitrogen and oxygen atoms in total. The first-order chi connectivity index (χ1) is 8.99. The Morgan fingerprint density at radius 2 is 1.80 bits per heavy atom. The molecule has 1 aromatic rings. The van der Waals surface area contributed by atoms with Gasteiger partial charge in [0.25, 0.3) is 0 Å². The third-order valence-corrected chi connectivity index (χ3v) is 8.63. The standard InChI is InChI=1S/C16H27NO2Si/c1-15(2,3)20(6,7)19-11-13-9-8-10-14(17-13)16(4,5)12-18/h8-10,12H,11H2,1-7H3. The molecule has 0 saturated heterocycles. The van der Waals surface area contributed by atoms with Crippen LogP contribution in [0.15, 0.2) is 18.2 Å². The van der Waals surface area contributed by atoms with Gasteiger partial charge in [-0.3, -0.25) is 4.98 Å². The second-order valence-electron chi connectivity index (χ2n) is 7.40. The van der Waals surface area contributed by atoms with Crippen molar-refractivity contribution < 1.29 is 9.22 Å². The second kappa shape index (κ2) is 5.78. The minimum Gasteiger partial charge on any atom is -0.411 e. The Kier molecular flexibility index (Phi) is 4.93. The third-order valence-electron chi connectivity index (χ3n) is 4.15. The molecule has 0 aliphatic carbocycles. The van der Waals surface area contributed by atoms with Crippen LogP contribution in [0.25, 0.3) is 0 Å². The van der Waals surface area contributed by atoms with E-state index < -0.39 is 13.7 Å². The summed E-state index contributed by atoms with van der Waals surface area (Å²) < 4.78 is 6.17. The Labute approximate surface area is 123 Å². The summed E-state index contributed by atoms with van der Waals surface area (Å²) in [6.07, 6.45) is 0.938. The van der Waals surface area contributed by atoms with Crippen molar-refractivity contribution in [3.8, 4) is 0 Å². The number of pyridine rings is 1. The fourth-order valence-electron chi connectivity index (χ4n) is 1.45. The average molecular weight is 293 g/mol. The molecule has 0 saturated carbocycles. The molecule has 0 aromatic carbocycles. The fourth-order valence-corrected chi connectivity index (χ4v) is 2.39. The van der Waals surface area contributed by atoms with Crippen molar-refractivity contribution in [1.29, 1.82) is 0 Å². The summed E-state index contributed by atoms with van der Waals surface area (Å²) in [5.74, 6) is 0. The van der Waals surface area contributed by atoms with E-state index in [4.69, 9.17) is 4.43 Å². The van der Waals surface area contributed by atoms with E-state index in [1.165, 1.54) is 0 Å². The van der Waals surface area contributed by atoms with Gasteiger partial charge in [0.15, 0.2) is 8.32 Å². The van der Waals surface area contributed by atoms with E-state index >= 15 is 0 Å². The van der Waals surface area contributed by atoms with Crippen molar-refractivity contribution >= 4 is 14.6 Å². The molecule has 20 heavy (non-hydrogen) atoms. The zero-order chi connectivity index (χ0) is 15.6. The van der Waals surface area contributed by atoms with Crippen LogP contribution in [0.3, 0.4) is 0 Å². The first kappa shape index (κ1) is 17.0. The summed E-state index contributed by atoms with van der Waals surface area (Å²) >= 11 is 0. The van der Waals surface area contributed by atoms with Gasteiger partial charge in [-0.2, -0.15) is 0 Å². The third kappa shape index (κ3) is 3.99. The van der Waals surface area contributed by atoms with E-state index in [1.807, 2.05) is 32.0 Å². The van der Waals surface area contributed by atoms with E-state index in [0.29, 0.717) is 6.61 Å². The van der Waals surface area contributed by atoms with Gasteiger partial charge in [0, 0.05) is 0 Å². The topological polar surface area (TPSA) is 39.2 Å². The van der Waals surface area contributed by atoms with Crippen LogP contribution >= 0.6 is 0 Å². The van der Waals surface area contributed by atoms with Gasteiger partial charge in [-0.1, -0.05) is 26.8 Å². The summed E-state index contributed by atoms with van der Waals surface area (Å²) in [7, 11) is -1.77. The molecule has 0 aliphatic heterocycles. The predicted molar refractivity (Wildman–Crippen MR) is 85.3 cm³/mol. The minimum absolute atomic E-state index is 0.187. The number of hydrogen-bond donors (Lipinski definition) is 0. The molecule has 1 heterocycles. The summed E-state index contributed by atoms with van der Waals surface area (Å²) in [4.78, 5) is 15.7. The average Bonchev–Trinajstić information content (AvgIpc) is 2.35. The van der Waals surface area contributed by atoms with Crippen molar-refractivity contribution in [2.75, 3.05) is 0 Å². The normalized spacial score (nSPS) is 13.3. The highest BCUT2D eigenvalue weighted by molar-refractivity contribution is 6.74. The smallest absolute Gasteiger partial charge is 0.192 e. The molecule has 0 amide bonds. The number of aldehydes is 1. The number of hydrogen-bond acceptors (Lipinski definition) is 3. The number of nitrogens with zero attached hydrogens (tertiary/aromatic N) is 1. The molecule has 112 valence electrons. The summed E-state index contributed by atoms with van der Waals surface area (Å²) in [5.41, 5.74) is 1.14. The maximum absolute atomic E-state index is 11.1. The Bertz CT molecular complexity index is 476. The van der Waals surface area contributed by atoms with E-state index in [-0.39, 0.29) is 5.04 Å². The number of rotatable bonds is 5. The summed E-state index contributed by atoms with van der Waals surface area (Å²) in [6, 6.07) is 5.79. The lowest BCUT2D eigenvalue weighted by atomic mass is 9.91. The maximum atomic E-state index is 11.1. The van der Waals surface area contributed by atoms with Gasteiger partial charge in [0.2, 0.25) is 0 Å². The van der Waals surface area contributed by atoms with Crippen LogP contribution in [0.2, 0.25) is 18.1 Å². The van der Waals surface area contributed by atoms with Crippen molar-refractivity contribution in [2.45, 2.75) is 64.8 Å². The van der Waals surface area contributed by atoms with Crippen molar-refractivity contribution in [1.82, 2.24) is 4.98 Å². The molecule has 0 unspecified atom stereocenters. The van der Waals surface area contributed by atoms with Gasteiger partial charge < -0.3 is 9.22 Å². The molecular formula is C16H27NO2Si.